The molecular formula is C20H16ClNO4. The van der Waals surface area contributed by atoms with E-state index in [0.29, 0.717) is 34.7 Å². The average Bonchev–Trinajstić information content (AvgIpc) is 2.93. The first-order chi connectivity index (χ1) is 12.6. The first-order valence-corrected chi connectivity index (χ1v) is 8.60. The highest BCUT2D eigenvalue weighted by atomic mass is 35.5. The normalized spacial score (nSPS) is 16.3. The molecule has 2 aromatic carbocycles. The SMILES string of the molecule is COCCN1C(=O)c2oc3ccccc3c(=O)c2[C@H]1c1cccc(Cl)c1. The van der Waals surface area contributed by atoms with Crippen molar-refractivity contribution in [2.45, 2.75) is 6.04 Å². The van der Waals surface area contributed by atoms with Gasteiger partial charge in [0.05, 0.1) is 23.6 Å². The summed E-state index contributed by atoms with van der Waals surface area (Å²) >= 11 is 6.14. The van der Waals surface area contributed by atoms with Crippen LogP contribution in [0.15, 0.2) is 57.7 Å². The van der Waals surface area contributed by atoms with Gasteiger partial charge in [0.1, 0.15) is 5.58 Å². The summed E-state index contributed by atoms with van der Waals surface area (Å²) in [6.07, 6.45) is 0. The Morgan fingerprint density at radius 2 is 1.96 bits per heavy atom. The van der Waals surface area contributed by atoms with Crippen LogP contribution in [0.3, 0.4) is 0 Å². The Morgan fingerprint density at radius 1 is 1.15 bits per heavy atom. The zero-order chi connectivity index (χ0) is 18.3. The van der Waals surface area contributed by atoms with Crippen LogP contribution in [0.1, 0.15) is 27.7 Å². The fourth-order valence-electron chi connectivity index (χ4n) is 3.41. The van der Waals surface area contributed by atoms with E-state index >= 15 is 0 Å². The molecule has 1 atom stereocenters. The van der Waals surface area contributed by atoms with E-state index in [1.165, 1.54) is 0 Å². The maximum absolute atomic E-state index is 13.2. The van der Waals surface area contributed by atoms with Gasteiger partial charge in [-0.25, -0.2) is 0 Å². The Bertz CT molecular complexity index is 1060. The van der Waals surface area contributed by atoms with Gasteiger partial charge in [-0.1, -0.05) is 35.9 Å². The fourth-order valence-corrected chi connectivity index (χ4v) is 3.61. The maximum atomic E-state index is 13.2. The lowest BCUT2D eigenvalue weighted by Gasteiger charge is -2.24. The van der Waals surface area contributed by atoms with E-state index in [0.717, 1.165) is 5.56 Å². The number of hydrogen-bond donors (Lipinski definition) is 0. The molecule has 0 aliphatic carbocycles. The molecule has 0 N–H and O–H groups in total. The van der Waals surface area contributed by atoms with Gasteiger partial charge in [0.25, 0.3) is 5.91 Å². The maximum Gasteiger partial charge on any atom is 0.290 e. The van der Waals surface area contributed by atoms with Gasteiger partial charge in [-0.15, -0.1) is 0 Å². The minimum absolute atomic E-state index is 0.0924. The number of para-hydroxylation sites is 1. The van der Waals surface area contributed by atoms with E-state index in [4.69, 9.17) is 20.8 Å². The molecule has 1 amide bonds. The largest absolute Gasteiger partial charge is 0.450 e. The number of methoxy groups -OCH3 is 1. The van der Waals surface area contributed by atoms with Gasteiger partial charge >= 0.3 is 0 Å². The third-order valence-corrected chi connectivity index (χ3v) is 4.81. The zero-order valence-corrected chi connectivity index (χ0v) is 14.8. The summed E-state index contributed by atoms with van der Waals surface area (Å²) in [6, 6.07) is 13.6. The Kier molecular flexibility index (Phi) is 4.26. The Labute approximate surface area is 154 Å². The molecule has 0 radical (unpaired) electrons. The van der Waals surface area contributed by atoms with Crippen LogP contribution in [0.2, 0.25) is 5.02 Å². The van der Waals surface area contributed by atoms with Gasteiger partial charge in [0.15, 0.2) is 5.43 Å². The first-order valence-electron chi connectivity index (χ1n) is 8.23. The Morgan fingerprint density at radius 3 is 2.73 bits per heavy atom. The molecule has 4 rings (SSSR count). The fraction of sp³-hybridized carbons (Fsp3) is 0.200. The molecular weight excluding hydrogens is 354 g/mol. The molecule has 1 aliphatic rings. The number of carbonyl (C=O) groups is 1. The van der Waals surface area contributed by atoms with Gasteiger partial charge in [-0.3, -0.25) is 9.59 Å². The van der Waals surface area contributed by atoms with E-state index in [-0.39, 0.29) is 17.1 Å². The van der Waals surface area contributed by atoms with Gasteiger partial charge < -0.3 is 14.1 Å². The second kappa shape index (κ2) is 6.59. The number of amides is 1. The van der Waals surface area contributed by atoms with Crippen molar-refractivity contribution in [2.75, 3.05) is 20.3 Å². The van der Waals surface area contributed by atoms with Crippen molar-refractivity contribution in [1.29, 1.82) is 0 Å². The molecule has 0 unspecified atom stereocenters. The predicted molar refractivity (Wildman–Crippen MR) is 98.7 cm³/mol. The molecule has 0 fully saturated rings. The van der Waals surface area contributed by atoms with E-state index in [1.807, 2.05) is 6.07 Å². The van der Waals surface area contributed by atoms with Crippen LogP contribution < -0.4 is 5.43 Å². The molecule has 0 spiro atoms. The second-order valence-corrected chi connectivity index (χ2v) is 6.56. The Hall–Kier alpha value is -2.63. The van der Waals surface area contributed by atoms with E-state index in [9.17, 15) is 9.59 Å². The molecule has 26 heavy (non-hydrogen) atoms. The van der Waals surface area contributed by atoms with Gasteiger partial charge in [-0.2, -0.15) is 0 Å². The molecule has 1 aromatic heterocycles. The monoisotopic (exact) mass is 369 g/mol. The number of fused-ring (bicyclic) bond motifs is 2. The number of ether oxygens (including phenoxy) is 1. The van der Waals surface area contributed by atoms with E-state index < -0.39 is 6.04 Å². The van der Waals surface area contributed by atoms with Crippen molar-refractivity contribution in [3.05, 3.63) is 80.7 Å². The minimum atomic E-state index is -0.549. The van der Waals surface area contributed by atoms with Gasteiger partial charge in [-0.05, 0) is 29.8 Å². The highest BCUT2D eigenvalue weighted by Crippen LogP contribution is 2.38. The lowest BCUT2D eigenvalue weighted by molar-refractivity contribution is 0.0663. The van der Waals surface area contributed by atoms with Crippen molar-refractivity contribution in [3.8, 4) is 0 Å². The van der Waals surface area contributed by atoms with Crippen molar-refractivity contribution >= 4 is 28.5 Å². The summed E-state index contributed by atoms with van der Waals surface area (Å²) < 4.78 is 11.0. The highest BCUT2D eigenvalue weighted by Gasteiger charge is 2.42. The van der Waals surface area contributed by atoms with Crippen molar-refractivity contribution in [2.24, 2.45) is 0 Å². The topological polar surface area (TPSA) is 59.8 Å². The van der Waals surface area contributed by atoms with Crippen LogP contribution in [0.5, 0.6) is 0 Å². The van der Waals surface area contributed by atoms with Gasteiger partial charge in [0, 0.05) is 18.7 Å². The third-order valence-electron chi connectivity index (χ3n) is 4.57. The zero-order valence-electron chi connectivity index (χ0n) is 14.1. The Balaban J connectivity index is 1.97. The number of nitrogens with zero attached hydrogens (tertiary/aromatic N) is 1. The van der Waals surface area contributed by atoms with Crippen molar-refractivity contribution in [3.63, 3.8) is 0 Å². The van der Waals surface area contributed by atoms with Crippen LogP contribution in [0, 0.1) is 0 Å². The molecule has 2 heterocycles. The number of rotatable bonds is 4. The summed E-state index contributed by atoms with van der Waals surface area (Å²) in [7, 11) is 1.57. The lowest BCUT2D eigenvalue weighted by Crippen LogP contribution is -2.32. The lowest BCUT2D eigenvalue weighted by atomic mass is 9.98. The van der Waals surface area contributed by atoms with Crippen molar-refractivity contribution in [1.82, 2.24) is 4.90 Å². The van der Waals surface area contributed by atoms with Crippen LogP contribution in [-0.4, -0.2) is 31.1 Å². The number of benzene rings is 2. The quantitative estimate of drug-likeness (QED) is 0.704. The highest BCUT2D eigenvalue weighted by molar-refractivity contribution is 6.30. The number of carbonyl (C=O) groups excluding carboxylic acids is 1. The van der Waals surface area contributed by atoms with Crippen LogP contribution in [0.4, 0.5) is 0 Å². The molecule has 5 nitrogen and oxygen atoms in total. The molecule has 3 aromatic rings. The average molecular weight is 370 g/mol. The summed E-state index contributed by atoms with van der Waals surface area (Å²) in [5.74, 6) is -0.223. The summed E-state index contributed by atoms with van der Waals surface area (Å²) in [6.45, 7) is 0.691. The predicted octanol–water partition coefficient (Wildman–Crippen LogP) is 3.64. The number of halogens is 1. The molecule has 0 saturated heterocycles. The van der Waals surface area contributed by atoms with Crippen LogP contribution in [0.25, 0.3) is 11.0 Å². The van der Waals surface area contributed by atoms with Crippen LogP contribution in [-0.2, 0) is 4.74 Å². The molecule has 0 saturated carbocycles. The van der Waals surface area contributed by atoms with E-state index in [2.05, 4.69) is 0 Å². The molecule has 1 aliphatic heterocycles. The first kappa shape index (κ1) is 16.8. The summed E-state index contributed by atoms with van der Waals surface area (Å²) in [5, 5.41) is 1.000. The molecule has 6 heteroatoms. The summed E-state index contributed by atoms with van der Waals surface area (Å²) in [4.78, 5) is 27.7. The minimum Gasteiger partial charge on any atom is -0.450 e. The second-order valence-electron chi connectivity index (χ2n) is 6.12. The van der Waals surface area contributed by atoms with Crippen molar-refractivity contribution < 1.29 is 13.9 Å². The third kappa shape index (κ3) is 2.60. The van der Waals surface area contributed by atoms with Crippen LogP contribution >= 0.6 is 11.6 Å². The molecule has 132 valence electrons. The molecule has 0 bridgehead atoms. The smallest absolute Gasteiger partial charge is 0.290 e. The summed E-state index contributed by atoms with van der Waals surface area (Å²) in [5.41, 5.74) is 1.33. The number of hydrogen-bond acceptors (Lipinski definition) is 4. The standard InChI is InChI=1S/C20H16ClNO4/c1-25-10-9-22-17(12-5-4-6-13(21)11-12)16-18(23)14-7-2-3-8-15(14)26-19(16)20(22)24/h2-8,11,17H,9-10H2,1H3/t17-/m1/s1. The van der Waals surface area contributed by atoms with Gasteiger partial charge in [0.2, 0.25) is 5.76 Å². The van der Waals surface area contributed by atoms with E-state index in [1.54, 1.807) is 54.5 Å².